The van der Waals surface area contributed by atoms with Gasteiger partial charge in [-0.15, -0.1) is 0 Å². The van der Waals surface area contributed by atoms with Gasteiger partial charge in [-0.05, 0) is 29.7 Å². The monoisotopic (exact) mass is 256 g/mol. The molecule has 19 heavy (non-hydrogen) atoms. The maximum atomic E-state index is 11.7. The van der Waals surface area contributed by atoms with Gasteiger partial charge in [-0.1, -0.05) is 42.5 Å². The summed E-state index contributed by atoms with van der Waals surface area (Å²) in [5, 5.41) is 2.49. The maximum Gasteiger partial charge on any atom is 0.238 e. The summed E-state index contributed by atoms with van der Waals surface area (Å²) < 4.78 is 0. The van der Waals surface area contributed by atoms with Gasteiger partial charge in [0.15, 0.2) is 0 Å². The molecule has 3 nitrogen and oxygen atoms in total. The third-order valence-corrected chi connectivity index (χ3v) is 3.36. The molecular weight excluding hydrogens is 236 g/mol. The highest BCUT2D eigenvalue weighted by Gasteiger charge is 2.13. The Hall–Kier alpha value is -1.87. The SMILES string of the molecule is C[C@H](N)C(=O)N(C)CCc1cccc2ccccc12. The lowest BCUT2D eigenvalue weighted by molar-refractivity contribution is -0.130. The number of amides is 1. The largest absolute Gasteiger partial charge is 0.344 e. The number of carbonyl (C=O) groups excluding carboxylic acids is 1. The summed E-state index contributed by atoms with van der Waals surface area (Å²) in [6.07, 6.45) is 0.844. The van der Waals surface area contributed by atoms with Gasteiger partial charge < -0.3 is 10.6 Å². The number of hydrogen-bond donors (Lipinski definition) is 1. The van der Waals surface area contributed by atoms with Crippen molar-refractivity contribution in [1.82, 2.24) is 4.90 Å². The lowest BCUT2D eigenvalue weighted by Gasteiger charge is -2.19. The van der Waals surface area contributed by atoms with E-state index in [2.05, 4.69) is 30.3 Å². The van der Waals surface area contributed by atoms with E-state index in [-0.39, 0.29) is 5.91 Å². The third-order valence-electron chi connectivity index (χ3n) is 3.36. The molecule has 0 unspecified atom stereocenters. The van der Waals surface area contributed by atoms with Crippen molar-refractivity contribution in [3.05, 3.63) is 48.0 Å². The van der Waals surface area contributed by atoms with Crippen molar-refractivity contribution in [2.45, 2.75) is 19.4 Å². The van der Waals surface area contributed by atoms with Gasteiger partial charge >= 0.3 is 0 Å². The molecule has 2 rings (SSSR count). The molecule has 1 atom stereocenters. The Morgan fingerprint density at radius 1 is 1.21 bits per heavy atom. The first-order chi connectivity index (χ1) is 9.09. The van der Waals surface area contributed by atoms with Gasteiger partial charge in [0, 0.05) is 13.6 Å². The van der Waals surface area contributed by atoms with Crippen LogP contribution in [0.2, 0.25) is 0 Å². The van der Waals surface area contributed by atoms with E-state index in [9.17, 15) is 4.79 Å². The van der Waals surface area contributed by atoms with Crippen LogP contribution < -0.4 is 5.73 Å². The fraction of sp³-hybridized carbons (Fsp3) is 0.312. The maximum absolute atomic E-state index is 11.7. The molecule has 100 valence electrons. The predicted molar refractivity (Wildman–Crippen MR) is 78.9 cm³/mol. The predicted octanol–water partition coefficient (Wildman–Crippen LogP) is 2.19. The topological polar surface area (TPSA) is 46.3 Å². The minimum absolute atomic E-state index is 0.0137. The van der Waals surface area contributed by atoms with Crippen LogP contribution in [0.5, 0.6) is 0 Å². The molecule has 0 aliphatic heterocycles. The van der Waals surface area contributed by atoms with E-state index in [4.69, 9.17) is 5.73 Å². The first kappa shape index (κ1) is 13.6. The van der Waals surface area contributed by atoms with Crippen molar-refractivity contribution in [2.24, 2.45) is 5.73 Å². The standard InChI is InChI=1S/C16H20N2O/c1-12(17)16(19)18(2)11-10-14-8-5-7-13-6-3-4-9-15(13)14/h3-9,12H,10-11,17H2,1-2H3/t12-/m0/s1. The summed E-state index contributed by atoms with van der Waals surface area (Å²) in [5.41, 5.74) is 6.87. The zero-order valence-corrected chi connectivity index (χ0v) is 11.5. The summed E-state index contributed by atoms with van der Waals surface area (Å²) in [7, 11) is 1.80. The van der Waals surface area contributed by atoms with Crippen LogP contribution in [-0.4, -0.2) is 30.4 Å². The van der Waals surface area contributed by atoms with E-state index in [1.54, 1.807) is 18.9 Å². The molecule has 2 aromatic rings. The van der Waals surface area contributed by atoms with Crippen molar-refractivity contribution >= 4 is 16.7 Å². The summed E-state index contributed by atoms with van der Waals surface area (Å²) in [4.78, 5) is 13.4. The van der Waals surface area contributed by atoms with Crippen molar-refractivity contribution in [3.8, 4) is 0 Å². The highest BCUT2D eigenvalue weighted by Crippen LogP contribution is 2.19. The van der Waals surface area contributed by atoms with Gasteiger partial charge in [0.1, 0.15) is 0 Å². The van der Waals surface area contributed by atoms with E-state index in [1.807, 2.05) is 12.1 Å². The number of hydrogen-bond acceptors (Lipinski definition) is 2. The van der Waals surface area contributed by atoms with Crippen molar-refractivity contribution in [1.29, 1.82) is 0 Å². The van der Waals surface area contributed by atoms with Crippen LogP contribution in [0.15, 0.2) is 42.5 Å². The fourth-order valence-electron chi connectivity index (χ4n) is 2.26. The quantitative estimate of drug-likeness (QED) is 0.911. The molecule has 0 heterocycles. The molecule has 1 amide bonds. The molecule has 0 bridgehead atoms. The number of fused-ring (bicyclic) bond motifs is 1. The van der Waals surface area contributed by atoms with E-state index in [1.165, 1.54) is 16.3 Å². The molecule has 2 N–H and O–H groups in total. The molecular formula is C16H20N2O. The number of benzene rings is 2. The van der Waals surface area contributed by atoms with Crippen LogP contribution in [-0.2, 0) is 11.2 Å². The van der Waals surface area contributed by atoms with E-state index in [0.29, 0.717) is 6.54 Å². The van der Waals surface area contributed by atoms with Crippen molar-refractivity contribution < 1.29 is 4.79 Å². The molecule has 0 aliphatic carbocycles. The summed E-state index contributed by atoms with van der Waals surface area (Å²) in [5.74, 6) is -0.0137. The average molecular weight is 256 g/mol. The Kier molecular flexibility index (Phi) is 4.17. The molecule has 0 saturated heterocycles. The molecule has 3 heteroatoms. The van der Waals surface area contributed by atoms with Gasteiger partial charge in [-0.25, -0.2) is 0 Å². The van der Waals surface area contributed by atoms with Crippen LogP contribution in [0.4, 0.5) is 0 Å². The third kappa shape index (κ3) is 3.12. The number of nitrogens with zero attached hydrogens (tertiary/aromatic N) is 1. The second-order valence-corrected chi connectivity index (χ2v) is 4.94. The normalized spacial score (nSPS) is 12.4. The second kappa shape index (κ2) is 5.85. The highest BCUT2D eigenvalue weighted by molar-refractivity contribution is 5.85. The number of carbonyl (C=O) groups is 1. The zero-order chi connectivity index (χ0) is 13.8. The first-order valence-electron chi connectivity index (χ1n) is 6.57. The van der Waals surface area contributed by atoms with E-state index >= 15 is 0 Å². The molecule has 0 fully saturated rings. The van der Waals surface area contributed by atoms with Crippen molar-refractivity contribution in [2.75, 3.05) is 13.6 Å². The van der Waals surface area contributed by atoms with Crippen LogP contribution in [0, 0.1) is 0 Å². The van der Waals surface area contributed by atoms with Gasteiger partial charge in [0.05, 0.1) is 6.04 Å². The molecule has 0 aromatic heterocycles. The van der Waals surface area contributed by atoms with Crippen LogP contribution in [0.1, 0.15) is 12.5 Å². The Morgan fingerprint density at radius 2 is 1.89 bits per heavy atom. The number of likely N-dealkylation sites (N-methyl/N-ethyl adjacent to an activating group) is 1. The number of rotatable bonds is 4. The Labute approximate surface area is 114 Å². The molecule has 0 radical (unpaired) electrons. The summed E-state index contributed by atoms with van der Waals surface area (Å²) >= 11 is 0. The molecule has 0 spiro atoms. The fourth-order valence-corrected chi connectivity index (χ4v) is 2.26. The van der Waals surface area contributed by atoms with Crippen LogP contribution in [0.25, 0.3) is 10.8 Å². The first-order valence-corrected chi connectivity index (χ1v) is 6.57. The van der Waals surface area contributed by atoms with E-state index in [0.717, 1.165) is 6.42 Å². The average Bonchev–Trinajstić information content (AvgIpc) is 2.43. The van der Waals surface area contributed by atoms with Gasteiger partial charge in [-0.3, -0.25) is 4.79 Å². The number of nitrogens with two attached hydrogens (primary N) is 1. The van der Waals surface area contributed by atoms with Crippen molar-refractivity contribution in [3.63, 3.8) is 0 Å². The lowest BCUT2D eigenvalue weighted by Crippen LogP contribution is -2.40. The Balaban J connectivity index is 2.12. The second-order valence-electron chi connectivity index (χ2n) is 4.94. The van der Waals surface area contributed by atoms with Gasteiger partial charge in [-0.2, -0.15) is 0 Å². The zero-order valence-electron chi connectivity index (χ0n) is 11.5. The minimum Gasteiger partial charge on any atom is -0.344 e. The minimum atomic E-state index is -0.433. The molecule has 0 aliphatic rings. The molecule has 0 saturated carbocycles. The summed E-state index contributed by atoms with van der Waals surface area (Å²) in [6, 6.07) is 14.2. The summed E-state index contributed by atoms with van der Waals surface area (Å²) in [6.45, 7) is 2.41. The van der Waals surface area contributed by atoms with Crippen LogP contribution >= 0.6 is 0 Å². The van der Waals surface area contributed by atoms with E-state index < -0.39 is 6.04 Å². The highest BCUT2D eigenvalue weighted by atomic mass is 16.2. The lowest BCUT2D eigenvalue weighted by atomic mass is 10.0. The van der Waals surface area contributed by atoms with Crippen LogP contribution in [0.3, 0.4) is 0 Å². The Bertz CT molecular complexity index is 572. The Morgan fingerprint density at radius 3 is 2.63 bits per heavy atom. The van der Waals surface area contributed by atoms with Gasteiger partial charge in [0.2, 0.25) is 5.91 Å². The van der Waals surface area contributed by atoms with Gasteiger partial charge in [0.25, 0.3) is 0 Å². The smallest absolute Gasteiger partial charge is 0.238 e. The molecule has 2 aromatic carbocycles.